The molecule has 23 heavy (non-hydrogen) atoms. The summed E-state index contributed by atoms with van der Waals surface area (Å²) in [5.41, 5.74) is 9.26. The van der Waals surface area contributed by atoms with Gasteiger partial charge >= 0.3 is 0 Å². The molecule has 2 N–H and O–H groups in total. The third-order valence-electron chi connectivity index (χ3n) is 3.29. The number of nitrogens with two attached hydrogens (primary N) is 1. The van der Waals surface area contributed by atoms with Crippen molar-refractivity contribution in [2.75, 3.05) is 5.75 Å². The summed E-state index contributed by atoms with van der Waals surface area (Å²) >= 11 is 1.28. The Morgan fingerprint density at radius 2 is 1.48 bits per heavy atom. The molecule has 0 atom stereocenters. The molecule has 0 unspecified atom stereocenters. The van der Waals surface area contributed by atoms with Crippen LogP contribution in [0.3, 0.4) is 0 Å². The first-order chi connectivity index (χ1) is 11.2. The van der Waals surface area contributed by atoms with E-state index in [1.165, 1.54) is 17.3 Å². The normalized spacial score (nSPS) is 10.4. The van der Waals surface area contributed by atoms with Crippen molar-refractivity contribution in [3.8, 4) is 22.4 Å². The predicted octanol–water partition coefficient (Wildman–Crippen LogP) is 3.39. The van der Waals surface area contributed by atoms with Crippen molar-refractivity contribution in [2.45, 2.75) is 5.03 Å². The number of thioether (sulfide) groups is 1. The second-order valence-corrected chi connectivity index (χ2v) is 5.95. The van der Waals surface area contributed by atoms with E-state index in [1.54, 1.807) is 0 Å². The molecule has 0 aliphatic rings. The van der Waals surface area contributed by atoms with Crippen LogP contribution in [0.2, 0.25) is 0 Å². The zero-order chi connectivity index (χ0) is 16.1. The number of nitrogens with zero attached hydrogens (tertiary/aromatic N) is 2. The van der Waals surface area contributed by atoms with E-state index in [0.717, 1.165) is 16.8 Å². The van der Waals surface area contributed by atoms with E-state index in [4.69, 9.17) is 5.73 Å². The van der Waals surface area contributed by atoms with E-state index in [2.05, 4.69) is 34.5 Å². The Hall–Kier alpha value is -2.66. The maximum absolute atomic E-state index is 10.8. The van der Waals surface area contributed by atoms with Crippen LogP contribution < -0.4 is 5.73 Å². The maximum atomic E-state index is 10.8. The Morgan fingerprint density at radius 3 is 2.09 bits per heavy atom. The number of amides is 1. The summed E-state index contributed by atoms with van der Waals surface area (Å²) in [4.78, 5) is 10.8. The summed E-state index contributed by atoms with van der Waals surface area (Å²) in [6, 6.07) is 22.2. The lowest BCUT2D eigenvalue weighted by Gasteiger charge is -2.04. The minimum atomic E-state index is -0.364. The first-order valence-electron chi connectivity index (χ1n) is 7.13. The van der Waals surface area contributed by atoms with Crippen LogP contribution in [-0.2, 0) is 4.79 Å². The molecule has 0 saturated carbocycles. The molecule has 1 amide bonds. The fraction of sp³-hybridized carbons (Fsp3) is 0.0556. The molecule has 0 aliphatic carbocycles. The van der Waals surface area contributed by atoms with E-state index in [1.807, 2.05) is 42.5 Å². The number of carbonyl (C=O) groups excluding carboxylic acids is 1. The largest absolute Gasteiger partial charge is 0.369 e. The SMILES string of the molecule is NC(=O)CSc1ccc(-c2ccc(-c3ccccc3)cc2)nn1. The van der Waals surface area contributed by atoms with Crippen molar-refractivity contribution in [3.63, 3.8) is 0 Å². The van der Waals surface area contributed by atoms with Crippen molar-refractivity contribution in [3.05, 3.63) is 66.7 Å². The molecule has 5 heteroatoms. The van der Waals surface area contributed by atoms with Crippen molar-refractivity contribution < 1.29 is 4.79 Å². The molecule has 3 rings (SSSR count). The van der Waals surface area contributed by atoms with Gasteiger partial charge in [-0.3, -0.25) is 4.79 Å². The predicted molar refractivity (Wildman–Crippen MR) is 92.8 cm³/mol. The van der Waals surface area contributed by atoms with Crippen molar-refractivity contribution in [1.82, 2.24) is 10.2 Å². The lowest BCUT2D eigenvalue weighted by atomic mass is 10.0. The number of benzene rings is 2. The summed E-state index contributed by atoms with van der Waals surface area (Å²) in [6.07, 6.45) is 0. The van der Waals surface area contributed by atoms with Crippen LogP contribution in [0, 0.1) is 0 Å². The third-order valence-corrected chi connectivity index (χ3v) is 4.23. The van der Waals surface area contributed by atoms with Crippen LogP contribution in [0.15, 0.2) is 71.8 Å². The van der Waals surface area contributed by atoms with Crippen LogP contribution in [-0.4, -0.2) is 21.9 Å². The topological polar surface area (TPSA) is 68.9 Å². The lowest BCUT2D eigenvalue weighted by Crippen LogP contribution is -2.13. The van der Waals surface area contributed by atoms with Gasteiger partial charge in [0.15, 0.2) is 0 Å². The van der Waals surface area contributed by atoms with Gasteiger partial charge < -0.3 is 5.73 Å². The first kappa shape index (κ1) is 15.2. The fourth-order valence-corrected chi connectivity index (χ4v) is 2.71. The highest BCUT2D eigenvalue weighted by Gasteiger charge is 2.04. The summed E-state index contributed by atoms with van der Waals surface area (Å²) in [7, 11) is 0. The van der Waals surface area contributed by atoms with Crippen molar-refractivity contribution >= 4 is 17.7 Å². The Balaban J connectivity index is 1.76. The average molecular weight is 321 g/mol. The molecule has 3 aromatic rings. The second kappa shape index (κ2) is 7.07. The molecule has 0 aliphatic heterocycles. The molecular weight excluding hydrogens is 306 g/mol. The average Bonchev–Trinajstić information content (AvgIpc) is 2.61. The Kier molecular flexibility index (Phi) is 4.68. The van der Waals surface area contributed by atoms with Crippen molar-refractivity contribution in [1.29, 1.82) is 0 Å². The van der Waals surface area contributed by atoms with E-state index >= 15 is 0 Å². The van der Waals surface area contributed by atoms with E-state index < -0.39 is 0 Å². The molecule has 0 spiro atoms. The highest BCUT2D eigenvalue weighted by molar-refractivity contribution is 7.99. The number of carbonyl (C=O) groups is 1. The smallest absolute Gasteiger partial charge is 0.227 e. The van der Waals surface area contributed by atoms with Gasteiger partial charge in [0.1, 0.15) is 5.03 Å². The maximum Gasteiger partial charge on any atom is 0.227 e. The Labute approximate surface area is 138 Å². The molecule has 0 bridgehead atoms. The van der Waals surface area contributed by atoms with Crippen LogP contribution in [0.5, 0.6) is 0 Å². The molecule has 1 heterocycles. The zero-order valence-corrected chi connectivity index (χ0v) is 13.2. The van der Waals surface area contributed by atoms with E-state index in [9.17, 15) is 4.79 Å². The quantitative estimate of drug-likeness (QED) is 0.731. The summed E-state index contributed by atoms with van der Waals surface area (Å²) < 4.78 is 0. The van der Waals surface area contributed by atoms with Gasteiger partial charge in [0.25, 0.3) is 0 Å². The molecule has 1 aromatic heterocycles. The van der Waals surface area contributed by atoms with Gasteiger partial charge in [-0.05, 0) is 23.3 Å². The van der Waals surface area contributed by atoms with Crippen LogP contribution in [0.25, 0.3) is 22.4 Å². The number of hydrogen-bond acceptors (Lipinski definition) is 4. The molecule has 0 fully saturated rings. The fourth-order valence-electron chi connectivity index (χ4n) is 2.16. The Bertz CT molecular complexity index is 787. The van der Waals surface area contributed by atoms with Gasteiger partial charge in [0.05, 0.1) is 11.4 Å². The minimum Gasteiger partial charge on any atom is -0.369 e. The first-order valence-corrected chi connectivity index (χ1v) is 8.11. The number of primary amides is 1. The summed E-state index contributed by atoms with van der Waals surface area (Å²) in [5, 5.41) is 9.01. The zero-order valence-electron chi connectivity index (χ0n) is 12.3. The summed E-state index contributed by atoms with van der Waals surface area (Å²) in [5.74, 6) is -0.155. The monoisotopic (exact) mass is 321 g/mol. The number of aromatic nitrogens is 2. The summed E-state index contributed by atoms with van der Waals surface area (Å²) in [6.45, 7) is 0. The highest BCUT2D eigenvalue weighted by Crippen LogP contribution is 2.24. The molecule has 4 nitrogen and oxygen atoms in total. The van der Waals surface area contributed by atoms with Crippen LogP contribution in [0.4, 0.5) is 0 Å². The lowest BCUT2D eigenvalue weighted by molar-refractivity contribution is -0.115. The number of hydrogen-bond donors (Lipinski definition) is 1. The van der Waals surface area contributed by atoms with E-state index in [-0.39, 0.29) is 11.7 Å². The van der Waals surface area contributed by atoms with Gasteiger partial charge in [-0.2, -0.15) is 0 Å². The van der Waals surface area contributed by atoms with E-state index in [0.29, 0.717) is 5.03 Å². The van der Waals surface area contributed by atoms with Crippen molar-refractivity contribution in [2.24, 2.45) is 5.73 Å². The van der Waals surface area contributed by atoms with Gasteiger partial charge in [-0.25, -0.2) is 0 Å². The third kappa shape index (κ3) is 3.96. The van der Waals surface area contributed by atoms with Crippen LogP contribution in [0.1, 0.15) is 0 Å². The Morgan fingerprint density at radius 1 is 0.826 bits per heavy atom. The molecule has 0 saturated heterocycles. The number of rotatable bonds is 5. The van der Waals surface area contributed by atoms with Gasteiger partial charge in [0, 0.05) is 5.56 Å². The molecular formula is C18H15N3OS. The minimum absolute atomic E-state index is 0.208. The van der Waals surface area contributed by atoms with Gasteiger partial charge in [-0.15, -0.1) is 10.2 Å². The standard InChI is InChI=1S/C18H15N3OS/c19-17(22)12-23-18-11-10-16(20-21-18)15-8-6-14(7-9-15)13-4-2-1-3-5-13/h1-11H,12H2,(H2,19,22). The van der Waals surface area contributed by atoms with Gasteiger partial charge in [-0.1, -0.05) is 66.4 Å². The highest BCUT2D eigenvalue weighted by atomic mass is 32.2. The second-order valence-electron chi connectivity index (χ2n) is 4.96. The molecule has 114 valence electrons. The molecule has 0 radical (unpaired) electrons. The van der Waals surface area contributed by atoms with Crippen LogP contribution >= 0.6 is 11.8 Å². The van der Waals surface area contributed by atoms with Gasteiger partial charge in [0.2, 0.25) is 5.91 Å². The molecule has 2 aromatic carbocycles.